The van der Waals surface area contributed by atoms with Crippen LogP contribution in [0.1, 0.15) is 33.6 Å². The van der Waals surface area contributed by atoms with E-state index in [9.17, 15) is 59.4 Å². The van der Waals surface area contributed by atoms with E-state index in [1.54, 1.807) is 0 Å². The van der Waals surface area contributed by atoms with Crippen LogP contribution in [-0.2, 0) is 42.4 Å². The van der Waals surface area contributed by atoms with Crippen molar-refractivity contribution in [2.75, 3.05) is 13.2 Å². The van der Waals surface area contributed by atoms with Crippen LogP contribution in [0.4, 0.5) is 0 Å². The second-order valence-corrected chi connectivity index (χ2v) is 11.2. The summed E-state index contributed by atoms with van der Waals surface area (Å²) in [5.41, 5.74) is 0. The maximum absolute atomic E-state index is 12.6. The number of carbonyl (C=O) groups excluding carboxylic acids is 3. The van der Waals surface area contributed by atoms with Crippen molar-refractivity contribution < 1.29 is 82.8 Å². The number of ether oxygens (including phenoxy) is 4. The summed E-state index contributed by atoms with van der Waals surface area (Å²) in [6, 6.07) is -3.10. The van der Waals surface area contributed by atoms with Gasteiger partial charge < -0.3 is 70.0 Å². The lowest BCUT2D eigenvalue weighted by Gasteiger charge is -2.45. The van der Waals surface area contributed by atoms with Crippen LogP contribution in [-0.4, -0.2) is 145 Å². The van der Waals surface area contributed by atoms with Crippen molar-refractivity contribution >= 4 is 25.6 Å². The Morgan fingerprint density at radius 3 is 2.05 bits per heavy atom. The Bertz CT molecular complexity index is 965. The zero-order valence-corrected chi connectivity index (χ0v) is 23.9. The van der Waals surface area contributed by atoms with E-state index >= 15 is 0 Å². The van der Waals surface area contributed by atoms with E-state index in [1.165, 1.54) is 13.8 Å². The van der Waals surface area contributed by atoms with Crippen molar-refractivity contribution in [1.82, 2.24) is 10.6 Å². The van der Waals surface area contributed by atoms with Crippen LogP contribution in [0.25, 0.3) is 0 Å². The molecule has 0 spiro atoms. The van der Waals surface area contributed by atoms with Crippen LogP contribution >= 0.6 is 7.82 Å². The van der Waals surface area contributed by atoms with Gasteiger partial charge in [-0.15, -0.1) is 0 Å². The quantitative estimate of drug-likeness (QED) is 0.0670. The van der Waals surface area contributed by atoms with Crippen molar-refractivity contribution in [3.63, 3.8) is 0 Å². The van der Waals surface area contributed by atoms with Crippen molar-refractivity contribution in [3.8, 4) is 0 Å². The number of carbonyl (C=O) groups is 3. The van der Waals surface area contributed by atoms with Crippen molar-refractivity contribution in [3.05, 3.63) is 0 Å². The number of esters is 1. The summed E-state index contributed by atoms with van der Waals surface area (Å²) in [6.45, 7) is 2.26. The van der Waals surface area contributed by atoms with Crippen molar-refractivity contribution in [2.24, 2.45) is 0 Å². The molecule has 10 N–H and O–H groups in total. The van der Waals surface area contributed by atoms with Crippen LogP contribution in [0.15, 0.2) is 0 Å². The SMILES string of the molecule is CC(=O)O[C@H](C)CC(=O)NC1[C@H](OCC2O[C@H](O)C(NC(=O)C[C@@H](C)O)[C@@H](O)[C@@H]2O)OC(CO)[C@@H](OP(=O)(O)O)[C@@H]1O. The average molecular weight is 635 g/mol. The second kappa shape index (κ2) is 15.8. The molecule has 4 unspecified atom stereocenters. The molecular weight excluding hydrogens is 595 g/mol. The molecule has 0 aromatic heterocycles. The molecule has 2 heterocycles. The molecule has 2 saturated heterocycles. The summed E-state index contributed by atoms with van der Waals surface area (Å²) in [4.78, 5) is 54.2. The van der Waals surface area contributed by atoms with E-state index in [4.69, 9.17) is 18.9 Å². The minimum Gasteiger partial charge on any atom is -0.462 e. The number of amides is 2. The van der Waals surface area contributed by atoms with E-state index in [1.807, 2.05) is 0 Å². The lowest BCUT2D eigenvalue weighted by molar-refractivity contribution is -0.296. The Balaban J connectivity index is 2.18. The molecule has 19 nitrogen and oxygen atoms in total. The fourth-order valence-corrected chi connectivity index (χ4v) is 5.00. The predicted molar refractivity (Wildman–Crippen MR) is 134 cm³/mol. The van der Waals surface area contributed by atoms with Gasteiger partial charge in [0.1, 0.15) is 54.8 Å². The summed E-state index contributed by atoms with van der Waals surface area (Å²) < 4.78 is 37.2. The van der Waals surface area contributed by atoms with Gasteiger partial charge in [-0.1, -0.05) is 0 Å². The molecule has 12 atom stereocenters. The maximum Gasteiger partial charge on any atom is 0.470 e. The highest BCUT2D eigenvalue weighted by Crippen LogP contribution is 2.41. The van der Waals surface area contributed by atoms with Gasteiger partial charge in [0.25, 0.3) is 0 Å². The molecule has 2 amide bonds. The van der Waals surface area contributed by atoms with Gasteiger partial charge in [-0.3, -0.25) is 18.9 Å². The number of phosphoric ester groups is 1. The molecule has 20 heteroatoms. The molecule has 0 aliphatic carbocycles. The molecule has 2 rings (SSSR count). The Kier molecular flexibility index (Phi) is 13.6. The number of nitrogens with one attached hydrogen (secondary N) is 2. The minimum absolute atomic E-state index is 0.356. The van der Waals surface area contributed by atoms with Crippen LogP contribution in [0.3, 0.4) is 0 Å². The summed E-state index contributed by atoms with van der Waals surface area (Å²) >= 11 is 0. The van der Waals surface area contributed by atoms with Crippen LogP contribution in [0.5, 0.6) is 0 Å². The average Bonchev–Trinajstić information content (AvgIpc) is 2.84. The van der Waals surface area contributed by atoms with Crippen LogP contribution < -0.4 is 10.6 Å². The van der Waals surface area contributed by atoms with Gasteiger partial charge in [0, 0.05) is 6.92 Å². The third kappa shape index (κ3) is 10.7. The molecule has 2 fully saturated rings. The fraction of sp³-hybridized carbons (Fsp3) is 0.864. The number of aliphatic hydroxyl groups is 6. The zero-order chi connectivity index (χ0) is 31.9. The van der Waals surface area contributed by atoms with Crippen LogP contribution in [0.2, 0.25) is 0 Å². The first kappa shape index (κ1) is 36.4. The summed E-state index contributed by atoms with van der Waals surface area (Å²) in [7, 11) is -5.24. The van der Waals surface area contributed by atoms with Gasteiger partial charge in [0.05, 0.1) is 32.2 Å². The molecule has 0 bridgehead atoms. The van der Waals surface area contributed by atoms with Crippen molar-refractivity contribution in [2.45, 2.75) is 107 Å². The first-order valence-electron chi connectivity index (χ1n) is 12.9. The number of hydrogen-bond acceptors (Lipinski definition) is 15. The molecule has 0 radical (unpaired) electrons. The first-order valence-corrected chi connectivity index (χ1v) is 14.4. The van der Waals surface area contributed by atoms with Crippen molar-refractivity contribution in [1.29, 1.82) is 0 Å². The first-order chi connectivity index (χ1) is 19.4. The fourth-order valence-electron chi connectivity index (χ4n) is 4.43. The van der Waals surface area contributed by atoms with E-state index in [2.05, 4.69) is 15.2 Å². The van der Waals surface area contributed by atoms with Gasteiger partial charge >= 0.3 is 13.8 Å². The van der Waals surface area contributed by atoms with Gasteiger partial charge in [-0.25, -0.2) is 4.57 Å². The molecule has 42 heavy (non-hydrogen) atoms. The van der Waals surface area contributed by atoms with Gasteiger partial charge in [0.15, 0.2) is 12.6 Å². The topological polar surface area (TPSA) is 300 Å². The highest BCUT2D eigenvalue weighted by molar-refractivity contribution is 7.46. The highest BCUT2D eigenvalue weighted by Gasteiger charge is 2.50. The third-order valence-electron chi connectivity index (χ3n) is 6.23. The Morgan fingerprint density at radius 1 is 0.905 bits per heavy atom. The standard InChI is InChI=1S/C22H39N2O17P/c1-8(26)4-13(28)23-15-18(31)17(30)12(39-21(15)33)7-37-22-16(24-14(29)5-9(2)38-10(3)27)19(32)20(11(6-25)40-22)41-42(34,35)36/h8-9,11-12,15-22,25-26,30-33H,4-7H2,1-3H3,(H,23,28)(H,24,29)(H2,34,35,36)/t8-,9-,11?,12?,15?,16?,17-,18-,19-,20-,21+,22-/m1/s1. The molecular formula is C22H39N2O17P. The third-order valence-corrected chi connectivity index (χ3v) is 6.75. The minimum atomic E-state index is -5.24. The largest absolute Gasteiger partial charge is 0.470 e. The summed E-state index contributed by atoms with van der Waals surface area (Å²) in [6.07, 6.45) is -16.6. The predicted octanol–water partition coefficient (Wildman–Crippen LogP) is -4.92. The Labute approximate surface area is 239 Å². The highest BCUT2D eigenvalue weighted by atomic mass is 31.2. The molecule has 0 aromatic carbocycles. The summed E-state index contributed by atoms with van der Waals surface area (Å²) in [5, 5.41) is 65.8. The normalized spacial score (nSPS) is 35.1. The molecule has 2 aliphatic rings. The summed E-state index contributed by atoms with van der Waals surface area (Å²) in [5.74, 6) is -2.23. The lowest BCUT2D eigenvalue weighted by Crippen LogP contribution is -2.66. The number of rotatable bonds is 13. The van der Waals surface area contributed by atoms with E-state index < -0.39 is 119 Å². The zero-order valence-electron chi connectivity index (χ0n) is 23.0. The second-order valence-electron chi connectivity index (χ2n) is 10.0. The molecule has 0 aromatic rings. The van der Waals surface area contributed by atoms with Gasteiger partial charge in [-0.2, -0.15) is 0 Å². The van der Waals surface area contributed by atoms with Crippen LogP contribution in [0, 0.1) is 0 Å². The van der Waals surface area contributed by atoms with Gasteiger partial charge in [-0.05, 0) is 13.8 Å². The monoisotopic (exact) mass is 634 g/mol. The number of aliphatic hydroxyl groups excluding tert-OH is 6. The maximum atomic E-state index is 12.6. The number of phosphoric acid groups is 1. The Hall–Kier alpha value is -1.84. The smallest absolute Gasteiger partial charge is 0.462 e. The van der Waals surface area contributed by atoms with E-state index in [0.29, 0.717) is 0 Å². The lowest BCUT2D eigenvalue weighted by atomic mass is 9.96. The van der Waals surface area contributed by atoms with E-state index in [0.717, 1.165) is 6.92 Å². The Morgan fingerprint density at radius 2 is 1.50 bits per heavy atom. The molecule has 0 saturated carbocycles. The van der Waals surface area contributed by atoms with E-state index in [-0.39, 0.29) is 6.42 Å². The molecule has 2 aliphatic heterocycles. The number of hydrogen-bond donors (Lipinski definition) is 10. The molecule has 244 valence electrons. The van der Waals surface area contributed by atoms with Gasteiger partial charge in [0.2, 0.25) is 11.8 Å².